The normalized spacial score (nSPS) is 10.3. The SMILES string of the molecule is O=C(Nc1ccc(F)c(Br)c1)c1nnc(Cl)s1. The molecule has 0 unspecified atom stereocenters. The summed E-state index contributed by atoms with van der Waals surface area (Å²) in [6.07, 6.45) is 0. The van der Waals surface area contributed by atoms with Crippen LogP contribution in [0.4, 0.5) is 10.1 Å². The summed E-state index contributed by atoms with van der Waals surface area (Å²) in [7, 11) is 0. The molecule has 0 saturated heterocycles. The van der Waals surface area contributed by atoms with Crippen molar-refractivity contribution < 1.29 is 9.18 Å². The first-order chi connectivity index (χ1) is 8.06. The lowest BCUT2D eigenvalue weighted by atomic mass is 10.3. The molecule has 0 aliphatic heterocycles. The second-order valence-corrected chi connectivity index (χ2v) is 5.36. The van der Waals surface area contributed by atoms with Gasteiger partial charge >= 0.3 is 0 Å². The molecular formula is C9H4BrClFN3OS. The molecule has 0 aliphatic carbocycles. The van der Waals surface area contributed by atoms with E-state index < -0.39 is 11.7 Å². The Morgan fingerprint density at radius 1 is 1.47 bits per heavy atom. The zero-order valence-corrected chi connectivity index (χ0v) is 11.2. The molecule has 1 heterocycles. The van der Waals surface area contributed by atoms with Gasteiger partial charge in [-0.05, 0) is 45.7 Å². The largest absolute Gasteiger partial charge is 0.320 e. The predicted molar refractivity (Wildman–Crippen MR) is 67.0 cm³/mol. The first kappa shape index (κ1) is 12.4. The van der Waals surface area contributed by atoms with Crippen LogP contribution in [0.25, 0.3) is 0 Å². The van der Waals surface area contributed by atoms with E-state index in [1.807, 2.05) is 0 Å². The molecule has 88 valence electrons. The van der Waals surface area contributed by atoms with Gasteiger partial charge in [0.15, 0.2) is 0 Å². The van der Waals surface area contributed by atoms with Gasteiger partial charge in [-0.3, -0.25) is 4.79 Å². The summed E-state index contributed by atoms with van der Waals surface area (Å²) in [6, 6.07) is 4.14. The number of nitrogens with zero attached hydrogens (tertiary/aromatic N) is 2. The number of hydrogen-bond donors (Lipinski definition) is 1. The van der Waals surface area contributed by atoms with Gasteiger partial charge in [-0.1, -0.05) is 11.3 Å². The summed E-state index contributed by atoms with van der Waals surface area (Å²) >= 11 is 9.55. The second-order valence-electron chi connectivity index (χ2n) is 2.94. The molecule has 17 heavy (non-hydrogen) atoms. The molecule has 2 rings (SSSR count). The lowest BCUT2D eigenvalue weighted by molar-refractivity contribution is 0.102. The van der Waals surface area contributed by atoms with Gasteiger partial charge in [0, 0.05) is 5.69 Å². The lowest BCUT2D eigenvalue weighted by Crippen LogP contribution is -2.11. The van der Waals surface area contributed by atoms with E-state index in [9.17, 15) is 9.18 Å². The fourth-order valence-electron chi connectivity index (χ4n) is 1.06. The number of amides is 1. The number of carbonyl (C=O) groups is 1. The van der Waals surface area contributed by atoms with Crippen molar-refractivity contribution in [2.45, 2.75) is 0 Å². The molecule has 0 aliphatic rings. The summed E-state index contributed by atoms with van der Waals surface area (Å²) in [6.45, 7) is 0. The van der Waals surface area contributed by atoms with Crippen molar-refractivity contribution in [1.29, 1.82) is 0 Å². The number of benzene rings is 1. The van der Waals surface area contributed by atoms with Crippen LogP contribution in [0.15, 0.2) is 22.7 Å². The molecule has 1 N–H and O–H groups in total. The molecule has 2 aromatic rings. The minimum absolute atomic E-state index is 0.149. The van der Waals surface area contributed by atoms with Crippen LogP contribution in [0.1, 0.15) is 9.80 Å². The summed E-state index contributed by atoms with van der Waals surface area (Å²) in [4.78, 5) is 11.7. The van der Waals surface area contributed by atoms with Crippen LogP contribution in [-0.2, 0) is 0 Å². The fraction of sp³-hybridized carbons (Fsp3) is 0. The van der Waals surface area contributed by atoms with Crippen LogP contribution >= 0.6 is 38.9 Å². The van der Waals surface area contributed by atoms with Gasteiger partial charge in [0.2, 0.25) is 9.47 Å². The number of anilines is 1. The summed E-state index contributed by atoms with van der Waals surface area (Å²) in [5.74, 6) is -0.838. The maximum absolute atomic E-state index is 13.0. The summed E-state index contributed by atoms with van der Waals surface area (Å²) < 4.78 is 13.4. The van der Waals surface area contributed by atoms with Crippen molar-refractivity contribution in [3.8, 4) is 0 Å². The molecule has 1 aromatic heterocycles. The van der Waals surface area contributed by atoms with Gasteiger partial charge in [-0.25, -0.2) is 4.39 Å². The zero-order valence-electron chi connectivity index (χ0n) is 8.08. The van der Waals surface area contributed by atoms with E-state index in [1.165, 1.54) is 18.2 Å². The molecule has 4 nitrogen and oxygen atoms in total. The number of hydrogen-bond acceptors (Lipinski definition) is 4. The number of halogens is 3. The zero-order chi connectivity index (χ0) is 12.4. The third-order valence-electron chi connectivity index (χ3n) is 1.77. The van der Waals surface area contributed by atoms with E-state index in [1.54, 1.807) is 0 Å². The topological polar surface area (TPSA) is 54.9 Å². The average molecular weight is 337 g/mol. The number of carbonyl (C=O) groups excluding carboxylic acids is 1. The highest BCUT2D eigenvalue weighted by Crippen LogP contribution is 2.21. The van der Waals surface area contributed by atoms with Crippen LogP contribution in [-0.4, -0.2) is 16.1 Å². The third kappa shape index (κ3) is 2.99. The van der Waals surface area contributed by atoms with Gasteiger partial charge in [0.1, 0.15) is 5.82 Å². The van der Waals surface area contributed by atoms with Gasteiger partial charge in [-0.2, -0.15) is 0 Å². The van der Waals surface area contributed by atoms with Crippen LogP contribution in [0.5, 0.6) is 0 Å². The van der Waals surface area contributed by atoms with Crippen molar-refractivity contribution in [2.75, 3.05) is 5.32 Å². The lowest BCUT2D eigenvalue weighted by Gasteiger charge is -2.03. The molecule has 0 saturated carbocycles. The maximum atomic E-state index is 13.0. The first-order valence-electron chi connectivity index (χ1n) is 4.31. The molecule has 0 bridgehead atoms. The minimum atomic E-state index is -0.437. The van der Waals surface area contributed by atoms with E-state index >= 15 is 0 Å². The Labute approximate surface area is 113 Å². The Morgan fingerprint density at radius 3 is 2.82 bits per heavy atom. The average Bonchev–Trinajstić information content (AvgIpc) is 2.70. The second kappa shape index (κ2) is 5.07. The molecule has 8 heteroatoms. The first-order valence-corrected chi connectivity index (χ1v) is 6.30. The van der Waals surface area contributed by atoms with Crippen molar-refractivity contribution >= 4 is 50.5 Å². The van der Waals surface area contributed by atoms with Crippen molar-refractivity contribution in [2.24, 2.45) is 0 Å². The number of aromatic nitrogens is 2. The van der Waals surface area contributed by atoms with Crippen LogP contribution < -0.4 is 5.32 Å². The molecule has 0 atom stereocenters. The molecule has 0 fully saturated rings. The smallest absolute Gasteiger partial charge is 0.286 e. The van der Waals surface area contributed by atoms with Crippen LogP contribution in [0, 0.1) is 5.82 Å². The molecule has 1 aromatic carbocycles. The van der Waals surface area contributed by atoms with Gasteiger partial charge in [0.05, 0.1) is 4.47 Å². The fourth-order valence-corrected chi connectivity index (χ4v) is 2.16. The summed E-state index contributed by atoms with van der Waals surface area (Å²) in [5, 5.41) is 9.81. The standard InChI is InChI=1S/C9H4BrClFN3OS/c10-5-3-4(1-2-6(5)12)13-7(16)8-14-15-9(11)17-8/h1-3H,(H,13,16). The van der Waals surface area contributed by atoms with Gasteiger partial charge in [-0.15, -0.1) is 10.2 Å². The monoisotopic (exact) mass is 335 g/mol. The van der Waals surface area contributed by atoms with E-state index in [0.29, 0.717) is 5.69 Å². The van der Waals surface area contributed by atoms with Crippen molar-refractivity contribution in [3.05, 3.63) is 38.0 Å². The highest BCUT2D eigenvalue weighted by Gasteiger charge is 2.12. The van der Waals surface area contributed by atoms with E-state index in [2.05, 4.69) is 31.4 Å². The van der Waals surface area contributed by atoms with Crippen LogP contribution in [0.3, 0.4) is 0 Å². The third-order valence-corrected chi connectivity index (χ3v) is 3.40. The molecule has 0 radical (unpaired) electrons. The quantitative estimate of drug-likeness (QED) is 0.915. The Balaban J connectivity index is 2.15. The molecule has 0 spiro atoms. The van der Waals surface area contributed by atoms with E-state index in [0.717, 1.165) is 11.3 Å². The molecular weight excluding hydrogens is 333 g/mol. The highest BCUT2D eigenvalue weighted by molar-refractivity contribution is 9.10. The van der Waals surface area contributed by atoms with Gasteiger partial charge < -0.3 is 5.32 Å². The number of nitrogens with one attached hydrogen (secondary N) is 1. The minimum Gasteiger partial charge on any atom is -0.320 e. The van der Waals surface area contributed by atoms with Crippen molar-refractivity contribution in [3.63, 3.8) is 0 Å². The summed E-state index contributed by atoms with van der Waals surface area (Å²) in [5.41, 5.74) is 0.453. The number of rotatable bonds is 2. The Morgan fingerprint density at radius 2 is 2.24 bits per heavy atom. The van der Waals surface area contributed by atoms with Crippen molar-refractivity contribution in [1.82, 2.24) is 10.2 Å². The predicted octanol–water partition coefficient (Wildman–Crippen LogP) is 3.35. The molecule has 1 amide bonds. The van der Waals surface area contributed by atoms with Gasteiger partial charge in [0.25, 0.3) is 5.91 Å². The van der Waals surface area contributed by atoms with E-state index in [4.69, 9.17) is 11.6 Å². The Kier molecular flexibility index (Phi) is 3.70. The maximum Gasteiger partial charge on any atom is 0.286 e. The highest BCUT2D eigenvalue weighted by atomic mass is 79.9. The Hall–Kier alpha value is -1.05. The Bertz CT molecular complexity index is 577. The van der Waals surface area contributed by atoms with Crippen LogP contribution in [0.2, 0.25) is 4.47 Å². The van der Waals surface area contributed by atoms with E-state index in [-0.39, 0.29) is 13.9 Å².